The van der Waals surface area contributed by atoms with E-state index < -0.39 is 6.10 Å². The lowest BCUT2D eigenvalue weighted by atomic mass is 9.49. The van der Waals surface area contributed by atoms with E-state index in [2.05, 4.69) is 24.8 Å². The number of hydrogen-bond donors (Lipinski definition) is 1. The molecular formula is C20H34N2O4. The van der Waals surface area contributed by atoms with E-state index in [1.807, 2.05) is 6.92 Å². The van der Waals surface area contributed by atoms with Crippen molar-refractivity contribution < 1.29 is 19.4 Å². The number of rotatable bonds is 7. The van der Waals surface area contributed by atoms with Gasteiger partial charge in [0.15, 0.2) is 0 Å². The fourth-order valence-electron chi connectivity index (χ4n) is 4.63. The van der Waals surface area contributed by atoms with Gasteiger partial charge in [0.05, 0.1) is 25.9 Å². The lowest BCUT2D eigenvalue weighted by Gasteiger charge is -2.56. The molecular weight excluding hydrogens is 332 g/mol. The Morgan fingerprint density at radius 1 is 1.35 bits per heavy atom. The first kappa shape index (κ1) is 19.6. The van der Waals surface area contributed by atoms with Crippen molar-refractivity contribution in [2.24, 2.45) is 17.3 Å². The van der Waals surface area contributed by atoms with E-state index in [1.54, 1.807) is 4.90 Å². The monoisotopic (exact) mass is 366 g/mol. The maximum absolute atomic E-state index is 11.7. The molecule has 0 aromatic rings. The minimum Gasteiger partial charge on any atom is -0.450 e. The number of ether oxygens (including phenoxy) is 2. The molecule has 4 aliphatic rings. The van der Waals surface area contributed by atoms with Crippen molar-refractivity contribution in [3.8, 4) is 0 Å². The number of piperazine rings is 1. The molecule has 2 bridgehead atoms. The van der Waals surface area contributed by atoms with Crippen LogP contribution in [0.15, 0.2) is 11.6 Å². The van der Waals surface area contributed by atoms with Crippen molar-refractivity contribution in [3.05, 3.63) is 11.6 Å². The quantitative estimate of drug-likeness (QED) is 0.700. The number of allylic oxidation sites excluding steroid dienone is 1. The summed E-state index contributed by atoms with van der Waals surface area (Å²) in [6.45, 7) is 11.4. The Bertz CT molecular complexity index is 526. The zero-order valence-electron chi connectivity index (χ0n) is 16.4. The predicted octanol–water partition coefficient (Wildman–Crippen LogP) is 2.13. The lowest BCUT2D eigenvalue weighted by molar-refractivity contribution is -0.0274. The summed E-state index contributed by atoms with van der Waals surface area (Å²) in [6, 6.07) is 0. The van der Waals surface area contributed by atoms with Gasteiger partial charge in [-0.3, -0.25) is 4.90 Å². The molecule has 26 heavy (non-hydrogen) atoms. The standard InChI is InChI=1S/C20H34N2O4/c1-4-26-19(24)22-9-7-21(8-10-22)12-17(23)14-25-13-15-5-6-16-11-18(15)20(16,2)3/h5,16-18,23H,4,6-14H2,1-3H3/t16-,17-,18+/m0/s1. The van der Waals surface area contributed by atoms with Gasteiger partial charge in [0.1, 0.15) is 0 Å². The average Bonchev–Trinajstić information content (AvgIpc) is 2.62. The smallest absolute Gasteiger partial charge is 0.409 e. The molecule has 1 amide bonds. The molecule has 1 N–H and O–H groups in total. The molecule has 1 aliphatic heterocycles. The van der Waals surface area contributed by atoms with Crippen molar-refractivity contribution >= 4 is 6.09 Å². The number of amides is 1. The largest absolute Gasteiger partial charge is 0.450 e. The average molecular weight is 367 g/mol. The van der Waals surface area contributed by atoms with Crippen LogP contribution in [0.25, 0.3) is 0 Å². The van der Waals surface area contributed by atoms with Gasteiger partial charge in [-0.1, -0.05) is 19.9 Å². The third kappa shape index (κ3) is 4.24. The summed E-state index contributed by atoms with van der Waals surface area (Å²) in [5, 5.41) is 10.3. The van der Waals surface area contributed by atoms with Gasteiger partial charge in [0.2, 0.25) is 0 Å². The van der Waals surface area contributed by atoms with Gasteiger partial charge in [-0.25, -0.2) is 4.79 Å². The van der Waals surface area contributed by atoms with Crippen LogP contribution in [-0.2, 0) is 9.47 Å². The highest BCUT2D eigenvalue weighted by Gasteiger charge is 2.50. The zero-order valence-corrected chi connectivity index (χ0v) is 16.4. The summed E-state index contributed by atoms with van der Waals surface area (Å²) >= 11 is 0. The number of carbonyl (C=O) groups excluding carboxylic acids is 1. The molecule has 0 unspecified atom stereocenters. The van der Waals surface area contributed by atoms with Crippen LogP contribution >= 0.6 is 0 Å². The summed E-state index contributed by atoms with van der Waals surface area (Å²) in [4.78, 5) is 15.6. The lowest BCUT2D eigenvalue weighted by Crippen LogP contribution is -2.51. The molecule has 1 saturated carbocycles. The summed E-state index contributed by atoms with van der Waals surface area (Å²) in [6.07, 6.45) is 4.10. The zero-order chi connectivity index (χ0) is 18.7. The molecule has 0 spiro atoms. The molecule has 0 aromatic carbocycles. The number of aliphatic hydroxyl groups excluding tert-OH is 1. The van der Waals surface area contributed by atoms with Crippen LogP contribution < -0.4 is 0 Å². The van der Waals surface area contributed by atoms with Gasteiger partial charge in [-0.2, -0.15) is 0 Å². The maximum Gasteiger partial charge on any atom is 0.409 e. The number of nitrogens with zero attached hydrogens (tertiary/aromatic N) is 2. The van der Waals surface area contributed by atoms with Crippen LogP contribution in [-0.4, -0.2) is 79.6 Å². The topological polar surface area (TPSA) is 62.2 Å². The van der Waals surface area contributed by atoms with Gasteiger partial charge in [0, 0.05) is 32.7 Å². The maximum atomic E-state index is 11.7. The van der Waals surface area contributed by atoms with Crippen LogP contribution in [0.4, 0.5) is 4.79 Å². The highest BCUT2D eigenvalue weighted by molar-refractivity contribution is 5.67. The molecule has 6 nitrogen and oxygen atoms in total. The fourth-order valence-corrected chi connectivity index (χ4v) is 4.63. The third-order valence-electron chi connectivity index (χ3n) is 6.53. The van der Waals surface area contributed by atoms with E-state index >= 15 is 0 Å². The Balaban J connectivity index is 1.32. The van der Waals surface area contributed by atoms with Crippen molar-refractivity contribution in [1.82, 2.24) is 9.80 Å². The summed E-state index contributed by atoms with van der Waals surface area (Å²) in [5.41, 5.74) is 1.85. The van der Waals surface area contributed by atoms with Gasteiger partial charge in [-0.15, -0.1) is 0 Å². The van der Waals surface area contributed by atoms with Crippen molar-refractivity contribution in [2.75, 3.05) is 52.5 Å². The van der Waals surface area contributed by atoms with Crippen LogP contribution in [0.2, 0.25) is 0 Å². The number of aliphatic hydroxyl groups is 1. The van der Waals surface area contributed by atoms with Crippen molar-refractivity contribution in [2.45, 2.75) is 39.7 Å². The third-order valence-corrected chi connectivity index (χ3v) is 6.53. The Morgan fingerprint density at radius 2 is 2.08 bits per heavy atom. The first-order valence-corrected chi connectivity index (χ1v) is 10.0. The summed E-state index contributed by atoms with van der Waals surface area (Å²) < 4.78 is 10.9. The number of fused-ring (bicyclic) bond motifs is 1. The molecule has 6 heteroatoms. The minimum atomic E-state index is -0.490. The SMILES string of the molecule is CCOC(=O)N1CCN(C[C@H](O)COCC2=CC[C@H]3C[C@H]2C3(C)C)CC1. The molecule has 3 aliphatic carbocycles. The fraction of sp³-hybridized carbons (Fsp3) is 0.850. The molecule has 2 fully saturated rings. The van der Waals surface area contributed by atoms with E-state index in [4.69, 9.17) is 9.47 Å². The Morgan fingerprint density at radius 3 is 2.69 bits per heavy atom. The van der Waals surface area contributed by atoms with E-state index in [0.29, 0.717) is 50.8 Å². The van der Waals surface area contributed by atoms with Crippen LogP contribution in [0.3, 0.4) is 0 Å². The Labute approximate surface area is 157 Å². The van der Waals surface area contributed by atoms with Gasteiger partial charge in [-0.05, 0) is 42.6 Å². The number of β-amino-alcohol motifs (C(OH)–C–C–N with tert-alkyl or cyclic N) is 1. The van der Waals surface area contributed by atoms with Crippen LogP contribution in [0.1, 0.15) is 33.6 Å². The van der Waals surface area contributed by atoms with E-state index in [9.17, 15) is 9.90 Å². The van der Waals surface area contributed by atoms with E-state index in [1.165, 1.54) is 18.4 Å². The van der Waals surface area contributed by atoms with Crippen LogP contribution in [0.5, 0.6) is 0 Å². The first-order chi connectivity index (χ1) is 12.4. The highest BCUT2D eigenvalue weighted by Crippen LogP contribution is 2.59. The van der Waals surface area contributed by atoms with E-state index in [0.717, 1.165) is 19.0 Å². The van der Waals surface area contributed by atoms with Crippen molar-refractivity contribution in [1.29, 1.82) is 0 Å². The first-order valence-electron chi connectivity index (χ1n) is 10.0. The van der Waals surface area contributed by atoms with Crippen LogP contribution in [0, 0.1) is 17.3 Å². The molecule has 3 atom stereocenters. The molecule has 0 aromatic heterocycles. The summed E-state index contributed by atoms with van der Waals surface area (Å²) in [5.74, 6) is 1.50. The highest BCUT2D eigenvalue weighted by atomic mass is 16.6. The normalized spacial score (nSPS) is 28.9. The van der Waals surface area contributed by atoms with Crippen molar-refractivity contribution in [3.63, 3.8) is 0 Å². The number of hydrogen-bond acceptors (Lipinski definition) is 5. The Hall–Kier alpha value is -1.11. The van der Waals surface area contributed by atoms with Gasteiger partial charge in [0.25, 0.3) is 0 Å². The minimum absolute atomic E-state index is 0.238. The molecule has 1 saturated heterocycles. The summed E-state index contributed by atoms with van der Waals surface area (Å²) in [7, 11) is 0. The molecule has 148 valence electrons. The number of carbonyl (C=O) groups is 1. The predicted molar refractivity (Wildman–Crippen MR) is 99.9 cm³/mol. The van der Waals surface area contributed by atoms with E-state index in [-0.39, 0.29) is 6.09 Å². The van der Waals surface area contributed by atoms with Gasteiger partial charge >= 0.3 is 6.09 Å². The molecule has 1 heterocycles. The second kappa shape index (κ2) is 8.28. The molecule has 4 rings (SSSR count). The Kier molecular flexibility index (Phi) is 6.25. The molecule has 0 radical (unpaired) electrons. The van der Waals surface area contributed by atoms with Gasteiger partial charge < -0.3 is 19.5 Å². The second-order valence-electron chi connectivity index (χ2n) is 8.48. The second-order valence-corrected chi connectivity index (χ2v) is 8.48.